The standard InChI is InChI=1S/C23H28N8O2/c1-3-20(32)29-22(24)23(33)26-12-17-5-4-16(10-15(17)2)21-19-11-18(13-31(19)28-14-27-21)30-8-6-25-7-9-30/h4-5,10-11,13-14,25H,3,6-9,12H2,1-2H3,(H,26,33)(H2,24,29,32). The molecule has 0 saturated carbocycles. The van der Waals surface area contributed by atoms with Crippen molar-refractivity contribution in [2.45, 2.75) is 26.8 Å². The normalized spacial score (nSPS) is 13.7. The number of aromatic nitrogens is 3. The Morgan fingerprint density at radius 1 is 1.21 bits per heavy atom. The van der Waals surface area contributed by atoms with Crippen LogP contribution in [-0.4, -0.2) is 58.4 Å². The zero-order valence-corrected chi connectivity index (χ0v) is 18.8. The average Bonchev–Trinajstić information content (AvgIpc) is 3.28. The Hall–Kier alpha value is -3.79. The summed E-state index contributed by atoms with van der Waals surface area (Å²) in [5.74, 6) is -1.43. The van der Waals surface area contributed by atoms with Crippen molar-refractivity contribution >= 4 is 28.9 Å². The molecule has 10 heteroatoms. The molecule has 2 aromatic heterocycles. The predicted molar refractivity (Wildman–Crippen MR) is 126 cm³/mol. The van der Waals surface area contributed by atoms with E-state index in [1.807, 2.05) is 35.8 Å². The number of nitrogens with one attached hydrogen (secondary N) is 4. The van der Waals surface area contributed by atoms with Crippen molar-refractivity contribution in [3.63, 3.8) is 0 Å². The molecule has 2 amide bonds. The lowest BCUT2D eigenvalue weighted by atomic mass is 10.0. The molecule has 1 fully saturated rings. The molecular weight excluding hydrogens is 420 g/mol. The number of amides is 2. The number of piperazine rings is 1. The Labute approximate surface area is 191 Å². The second kappa shape index (κ2) is 9.78. The molecule has 1 saturated heterocycles. The number of hydrogen-bond acceptors (Lipinski definition) is 7. The summed E-state index contributed by atoms with van der Waals surface area (Å²) in [5, 5.41) is 20.4. The minimum atomic E-state index is -0.619. The summed E-state index contributed by atoms with van der Waals surface area (Å²) in [6.45, 7) is 7.73. The monoisotopic (exact) mass is 448 g/mol. The third-order valence-electron chi connectivity index (χ3n) is 5.74. The summed E-state index contributed by atoms with van der Waals surface area (Å²) < 4.78 is 1.86. The molecule has 1 aromatic carbocycles. The van der Waals surface area contributed by atoms with Crippen LogP contribution in [0.1, 0.15) is 24.5 Å². The average molecular weight is 449 g/mol. The molecule has 0 unspecified atom stereocenters. The van der Waals surface area contributed by atoms with E-state index < -0.39 is 11.7 Å². The number of hydrogen-bond donors (Lipinski definition) is 4. The van der Waals surface area contributed by atoms with Gasteiger partial charge in [-0.05, 0) is 30.2 Å². The highest BCUT2D eigenvalue weighted by atomic mass is 16.2. The number of carbonyl (C=O) groups excluding carboxylic acids is 2. The number of carbonyl (C=O) groups is 2. The molecule has 172 valence electrons. The molecule has 0 radical (unpaired) electrons. The van der Waals surface area contributed by atoms with Crippen LogP contribution < -0.4 is 20.9 Å². The van der Waals surface area contributed by atoms with Gasteiger partial charge in [0.1, 0.15) is 6.33 Å². The van der Waals surface area contributed by atoms with Crippen LogP contribution in [0.5, 0.6) is 0 Å². The minimum absolute atomic E-state index is 0.213. The van der Waals surface area contributed by atoms with E-state index in [9.17, 15) is 9.59 Å². The highest BCUT2D eigenvalue weighted by molar-refractivity contribution is 6.39. The van der Waals surface area contributed by atoms with Gasteiger partial charge in [0, 0.05) is 44.7 Å². The van der Waals surface area contributed by atoms with Crippen LogP contribution in [0.15, 0.2) is 36.8 Å². The van der Waals surface area contributed by atoms with Crippen LogP contribution in [0.4, 0.5) is 5.69 Å². The maximum atomic E-state index is 12.1. The van der Waals surface area contributed by atoms with Gasteiger partial charge in [0.2, 0.25) is 5.91 Å². The van der Waals surface area contributed by atoms with Crippen molar-refractivity contribution in [1.29, 1.82) is 5.41 Å². The third-order valence-corrected chi connectivity index (χ3v) is 5.74. The van der Waals surface area contributed by atoms with Gasteiger partial charge < -0.3 is 20.9 Å². The van der Waals surface area contributed by atoms with Gasteiger partial charge in [-0.3, -0.25) is 15.0 Å². The first kappa shape index (κ1) is 22.4. The van der Waals surface area contributed by atoms with E-state index in [2.05, 4.69) is 37.0 Å². The van der Waals surface area contributed by atoms with E-state index in [-0.39, 0.29) is 18.9 Å². The smallest absolute Gasteiger partial charge is 0.286 e. The van der Waals surface area contributed by atoms with Gasteiger partial charge >= 0.3 is 0 Å². The minimum Gasteiger partial charge on any atom is -0.368 e. The van der Waals surface area contributed by atoms with Crippen molar-refractivity contribution < 1.29 is 9.59 Å². The Balaban J connectivity index is 1.50. The van der Waals surface area contributed by atoms with Crippen molar-refractivity contribution in [1.82, 2.24) is 30.5 Å². The second-order valence-electron chi connectivity index (χ2n) is 7.97. The summed E-state index contributed by atoms with van der Waals surface area (Å²) in [7, 11) is 0. The van der Waals surface area contributed by atoms with Gasteiger partial charge in [-0.25, -0.2) is 9.50 Å². The number of rotatable bonds is 5. The Morgan fingerprint density at radius 2 is 2.00 bits per heavy atom. The molecule has 3 heterocycles. The van der Waals surface area contributed by atoms with Gasteiger partial charge in [0.15, 0.2) is 5.84 Å². The lowest BCUT2D eigenvalue weighted by molar-refractivity contribution is -0.121. The number of benzene rings is 1. The first-order valence-electron chi connectivity index (χ1n) is 11.0. The van der Waals surface area contributed by atoms with Crippen LogP contribution in [-0.2, 0) is 16.1 Å². The maximum absolute atomic E-state index is 12.1. The fourth-order valence-corrected chi connectivity index (χ4v) is 3.82. The van der Waals surface area contributed by atoms with Crippen molar-refractivity contribution in [2.24, 2.45) is 0 Å². The summed E-state index contributed by atoms with van der Waals surface area (Å²) in [6.07, 6.45) is 3.81. The van der Waals surface area contributed by atoms with Gasteiger partial charge in [0.25, 0.3) is 5.91 Å². The molecule has 0 atom stereocenters. The van der Waals surface area contributed by atoms with Crippen LogP contribution in [0.25, 0.3) is 16.8 Å². The summed E-state index contributed by atoms with van der Waals surface area (Å²) in [6, 6.07) is 8.07. The Morgan fingerprint density at radius 3 is 2.73 bits per heavy atom. The van der Waals surface area contributed by atoms with Crippen LogP contribution in [0, 0.1) is 12.3 Å². The van der Waals surface area contributed by atoms with E-state index in [4.69, 9.17) is 5.41 Å². The maximum Gasteiger partial charge on any atom is 0.286 e. The molecule has 4 N–H and O–H groups in total. The van der Waals surface area contributed by atoms with Gasteiger partial charge in [0.05, 0.1) is 23.1 Å². The van der Waals surface area contributed by atoms with Gasteiger partial charge in [-0.1, -0.05) is 19.1 Å². The lowest BCUT2D eigenvalue weighted by Crippen LogP contribution is -2.43. The highest BCUT2D eigenvalue weighted by Gasteiger charge is 2.16. The number of anilines is 1. The van der Waals surface area contributed by atoms with Crippen molar-refractivity contribution in [3.8, 4) is 11.3 Å². The quantitative estimate of drug-likeness (QED) is 0.343. The fourth-order valence-electron chi connectivity index (χ4n) is 3.82. The van der Waals surface area contributed by atoms with Crippen molar-refractivity contribution in [2.75, 3.05) is 31.1 Å². The van der Waals surface area contributed by atoms with Crippen LogP contribution in [0.2, 0.25) is 0 Å². The summed E-state index contributed by atoms with van der Waals surface area (Å²) in [4.78, 5) is 30.3. The molecule has 3 aromatic rings. The van der Waals surface area contributed by atoms with E-state index in [0.717, 1.165) is 59.8 Å². The number of nitrogens with zero attached hydrogens (tertiary/aromatic N) is 4. The number of fused-ring (bicyclic) bond motifs is 1. The molecule has 4 rings (SSSR count). The van der Waals surface area contributed by atoms with E-state index in [0.29, 0.717) is 0 Å². The molecule has 0 bridgehead atoms. The lowest BCUT2D eigenvalue weighted by Gasteiger charge is -2.28. The first-order valence-corrected chi connectivity index (χ1v) is 11.0. The number of amidine groups is 1. The predicted octanol–water partition coefficient (Wildman–Crippen LogP) is 1.23. The SMILES string of the molecule is CCC(=O)NC(=N)C(=O)NCc1ccc(-c2ncnn3cc(N4CCNCC4)cc23)cc1C. The third kappa shape index (κ3) is 5.01. The van der Waals surface area contributed by atoms with E-state index in [1.54, 1.807) is 13.3 Å². The zero-order chi connectivity index (χ0) is 23.4. The van der Waals surface area contributed by atoms with Crippen LogP contribution in [0.3, 0.4) is 0 Å². The van der Waals surface area contributed by atoms with Gasteiger partial charge in [-0.2, -0.15) is 5.10 Å². The Kier molecular flexibility index (Phi) is 6.64. The molecule has 10 nitrogen and oxygen atoms in total. The molecule has 0 aliphatic carbocycles. The molecule has 0 spiro atoms. The topological polar surface area (TPSA) is 128 Å². The molecular formula is C23H28N8O2. The Bertz CT molecular complexity index is 1200. The summed E-state index contributed by atoms with van der Waals surface area (Å²) >= 11 is 0. The molecule has 1 aliphatic heterocycles. The molecule has 1 aliphatic rings. The van der Waals surface area contributed by atoms with E-state index >= 15 is 0 Å². The fraction of sp³-hybridized carbons (Fsp3) is 0.348. The summed E-state index contributed by atoms with van der Waals surface area (Å²) in [5.41, 5.74) is 5.78. The molecule has 33 heavy (non-hydrogen) atoms. The van der Waals surface area contributed by atoms with Crippen LogP contribution >= 0.6 is 0 Å². The van der Waals surface area contributed by atoms with Crippen molar-refractivity contribution in [3.05, 3.63) is 47.9 Å². The zero-order valence-electron chi connectivity index (χ0n) is 18.8. The second-order valence-corrected chi connectivity index (χ2v) is 7.97. The highest BCUT2D eigenvalue weighted by Crippen LogP contribution is 2.28. The first-order chi connectivity index (χ1) is 16.0. The largest absolute Gasteiger partial charge is 0.368 e. The van der Waals surface area contributed by atoms with Gasteiger partial charge in [-0.15, -0.1) is 0 Å². The van der Waals surface area contributed by atoms with E-state index in [1.165, 1.54) is 0 Å². The number of aryl methyl sites for hydroxylation is 1.